The molecule has 0 fully saturated rings. The smallest absolute Gasteiger partial charge is 0.0715 e. The van der Waals surface area contributed by atoms with Crippen LogP contribution in [-0.2, 0) is 6.42 Å². The predicted octanol–water partition coefficient (Wildman–Crippen LogP) is 2.47. The van der Waals surface area contributed by atoms with E-state index in [0.717, 1.165) is 24.2 Å². The van der Waals surface area contributed by atoms with Crippen molar-refractivity contribution in [1.82, 2.24) is 0 Å². The maximum atomic E-state index is 10.6. The first-order chi connectivity index (χ1) is 10.1. The van der Waals surface area contributed by atoms with Gasteiger partial charge in [0.15, 0.2) is 0 Å². The lowest BCUT2D eigenvalue weighted by Crippen LogP contribution is -2.21. The van der Waals surface area contributed by atoms with E-state index in [4.69, 9.17) is 0 Å². The van der Waals surface area contributed by atoms with Gasteiger partial charge >= 0.3 is 0 Å². The summed E-state index contributed by atoms with van der Waals surface area (Å²) in [4.78, 5) is 10.6. The van der Waals surface area contributed by atoms with Crippen molar-refractivity contribution in [2.75, 3.05) is 5.43 Å². The molecule has 0 atom stereocenters. The number of nitrogens with one attached hydrogen (secondary N) is 1. The van der Waals surface area contributed by atoms with E-state index in [0.29, 0.717) is 0 Å². The summed E-state index contributed by atoms with van der Waals surface area (Å²) >= 11 is 0. The molecule has 0 amide bonds. The topological polar surface area (TPSA) is 64.5 Å². The molecule has 0 aliphatic heterocycles. The third-order valence-electron chi connectivity index (χ3n) is 3.11. The van der Waals surface area contributed by atoms with E-state index in [1.807, 2.05) is 25.1 Å². The van der Waals surface area contributed by atoms with Crippen LogP contribution < -0.4 is 10.5 Å². The molecule has 0 aliphatic rings. The average Bonchev–Trinajstić information content (AvgIpc) is 2.52. The molecule has 2 aromatic carbocycles. The van der Waals surface area contributed by atoms with Crippen molar-refractivity contribution in [3.63, 3.8) is 0 Å². The molecule has 0 unspecified atom stereocenters. The second-order valence-electron chi connectivity index (χ2n) is 4.81. The number of nitrogens with zero attached hydrogens (tertiary/aromatic N) is 1. The third kappa shape index (κ3) is 4.76. The first kappa shape index (κ1) is 14.8. The SMILES string of the molecule is C/C(CCc1ccccc1)=N/Nc1ccc(C(=O)[O-])cc1. The largest absolute Gasteiger partial charge is 0.545 e. The number of aryl methyl sites for hydroxylation is 1. The minimum absolute atomic E-state index is 0.158. The first-order valence-corrected chi connectivity index (χ1v) is 6.79. The van der Waals surface area contributed by atoms with E-state index >= 15 is 0 Å². The van der Waals surface area contributed by atoms with Crippen LogP contribution in [0.4, 0.5) is 5.69 Å². The Labute approximate surface area is 124 Å². The summed E-state index contributed by atoms with van der Waals surface area (Å²) in [5.74, 6) is -1.18. The lowest BCUT2D eigenvalue weighted by molar-refractivity contribution is -0.255. The summed E-state index contributed by atoms with van der Waals surface area (Å²) < 4.78 is 0. The zero-order chi connectivity index (χ0) is 15.1. The molecule has 0 aliphatic carbocycles. The lowest BCUT2D eigenvalue weighted by Gasteiger charge is -2.06. The van der Waals surface area contributed by atoms with Crippen LogP contribution in [0.2, 0.25) is 0 Å². The highest BCUT2D eigenvalue weighted by atomic mass is 16.4. The van der Waals surface area contributed by atoms with Crippen LogP contribution in [0.15, 0.2) is 59.7 Å². The number of rotatable bonds is 6. The molecule has 4 nitrogen and oxygen atoms in total. The zero-order valence-corrected chi connectivity index (χ0v) is 11.9. The van der Waals surface area contributed by atoms with Gasteiger partial charge in [0, 0.05) is 5.71 Å². The number of carboxylic acid groups (broad SMARTS) is 1. The molecule has 21 heavy (non-hydrogen) atoms. The third-order valence-corrected chi connectivity index (χ3v) is 3.11. The number of carbonyl (C=O) groups excluding carboxylic acids is 1. The number of carbonyl (C=O) groups is 1. The Balaban J connectivity index is 1.86. The average molecular weight is 281 g/mol. The number of hydrogen-bond acceptors (Lipinski definition) is 4. The van der Waals surface area contributed by atoms with Crippen LogP contribution in [0.1, 0.15) is 29.3 Å². The second kappa shape index (κ2) is 7.24. The minimum Gasteiger partial charge on any atom is -0.545 e. The molecule has 0 radical (unpaired) electrons. The summed E-state index contributed by atoms with van der Waals surface area (Å²) in [6.07, 6.45) is 1.82. The summed E-state index contributed by atoms with van der Waals surface area (Å²) in [5, 5.41) is 14.9. The van der Waals surface area contributed by atoms with E-state index in [-0.39, 0.29) is 5.56 Å². The molecule has 1 N–H and O–H groups in total. The molecule has 0 saturated carbocycles. The van der Waals surface area contributed by atoms with Gasteiger partial charge in [-0.2, -0.15) is 5.10 Å². The van der Waals surface area contributed by atoms with E-state index in [1.165, 1.54) is 17.7 Å². The molecule has 4 heteroatoms. The standard InChI is InChI=1S/C17H18N2O2/c1-13(7-8-14-5-3-2-4-6-14)18-19-16-11-9-15(10-12-16)17(20)21/h2-6,9-12,19H,7-8H2,1H3,(H,20,21)/p-1/b18-13-. The first-order valence-electron chi connectivity index (χ1n) is 6.79. The Hall–Kier alpha value is -2.62. The van der Waals surface area contributed by atoms with Gasteiger partial charge in [-0.05, 0) is 43.0 Å². The van der Waals surface area contributed by atoms with Gasteiger partial charge in [-0.15, -0.1) is 0 Å². The van der Waals surface area contributed by atoms with Crippen LogP contribution in [0.25, 0.3) is 0 Å². The van der Waals surface area contributed by atoms with Crippen LogP contribution in [-0.4, -0.2) is 11.7 Å². The van der Waals surface area contributed by atoms with Crippen molar-refractivity contribution in [1.29, 1.82) is 0 Å². The fourth-order valence-corrected chi connectivity index (χ4v) is 1.87. The van der Waals surface area contributed by atoms with Crippen molar-refractivity contribution in [2.45, 2.75) is 19.8 Å². The van der Waals surface area contributed by atoms with Gasteiger partial charge in [0.25, 0.3) is 0 Å². The zero-order valence-electron chi connectivity index (χ0n) is 11.9. The number of carboxylic acids is 1. The van der Waals surface area contributed by atoms with Gasteiger partial charge in [0.05, 0.1) is 11.7 Å². The monoisotopic (exact) mass is 281 g/mol. The molecule has 2 rings (SSSR count). The summed E-state index contributed by atoms with van der Waals surface area (Å²) in [6.45, 7) is 1.96. The van der Waals surface area contributed by atoms with E-state index in [1.54, 1.807) is 12.1 Å². The molecule has 0 aromatic heterocycles. The molecule has 0 saturated heterocycles. The van der Waals surface area contributed by atoms with Crippen molar-refractivity contribution in [2.24, 2.45) is 5.10 Å². The Morgan fingerprint density at radius 2 is 1.76 bits per heavy atom. The van der Waals surface area contributed by atoms with Crippen LogP contribution >= 0.6 is 0 Å². The number of hydrogen-bond donors (Lipinski definition) is 1. The molecule has 0 bridgehead atoms. The Morgan fingerprint density at radius 1 is 1.10 bits per heavy atom. The Bertz CT molecular complexity index is 619. The molecular formula is C17H17N2O2-. The Morgan fingerprint density at radius 3 is 2.38 bits per heavy atom. The summed E-state index contributed by atoms with van der Waals surface area (Å²) in [7, 11) is 0. The highest BCUT2D eigenvalue weighted by molar-refractivity contribution is 5.86. The van der Waals surface area contributed by atoms with Gasteiger partial charge in [-0.25, -0.2) is 0 Å². The normalized spacial score (nSPS) is 11.2. The van der Waals surface area contributed by atoms with Crippen LogP contribution in [0, 0.1) is 0 Å². The van der Waals surface area contributed by atoms with Gasteiger partial charge in [-0.3, -0.25) is 5.43 Å². The van der Waals surface area contributed by atoms with Crippen molar-refractivity contribution < 1.29 is 9.90 Å². The van der Waals surface area contributed by atoms with Crippen molar-refractivity contribution in [3.8, 4) is 0 Å². The van der Waals surface area contributed by atoms with Gasteiger partial charge in [0.2, 0.25) is 0 Å². The van der Waals surface area contributed by atoms with E-state index in [2.05, 4.69) is 22.7 Å². The van der Waals surface area contributed by atoms with Gasteiger partial charge in [0.1, 0.15) is 0 Å². The molecule has 108 valence electrons. The number of aromatic carboxylic acids is 1. The fourth-order valence-electron chi connectivity index (χ4n) is 1.87. The maximum Gasteiger partial charge on any atom is 0.0715 e. The minimum atomic E-state index is -1.18. The highest BCUT2D eigenvalue weighted by Gasteiger charge is 1.97. The second-order valence-corrected chi connectivity index (χ2v) is 4.81. The van der Waals surface area contributed by atoms with Gasteiger partial charge < -0.3 is 9.90 Å². The molecule has 0 spiro atoms. The Kier molecular flexibility index (Phi) is 5.10. The van der Waals surface area contributed by atoms with Crippen LogP contribution in [0.5, 0.6) is 0 Å². The molecule has 2 aromatic rings. The van der Waals surface area contributed by atoms with Crippen molar-refractivity contribution >= 4 is 17.4 Å². The van der Waals surface area contributed by atoms with E-state index in [9.17, 15) is 9.90 Å². The highest BCUT2D eigenvalue weighted by Crippen LogP contribution is 2.09. The number of benzene rings is 2. The summed E-state index contributed by atoms with van der Waals surface area (Å²) in [5.41, 5.74) is 6.10. The fraction of sp³-hybridized carbons (Fsp3) is 0.176. The molecular weight excluding hydrogens is 264 g/mol. The maximum absolute atomic E-state index is 10.6. The predicted molar refractivity (Wildman–Crippen MR) is 82.3 cm³/mol. The van der Waals surface area contributed by atoms with Crippen molar-refractivity contribution in [3.05, 3.63) is 65.7 Å². The van der Waals surface area contributed by atoms with Crippen LogP contribution in [0.3, 0.4) is 0 Å². The quantitative estimate of drug-likeness (QED) is 0.653. The number of hydrazone groups is 1. The number of anilines is 1. The lowest BCUT2D eigenvalue weighted by atomic mass is 10.1. The summed E-state index contributed by atoms with van der Waals surface area (Å²) in [6, 6.07) is 16.6. The van der Waals surface area contributed by atoms with Gasteiger partial charge in [-0.1, -0.05) is 42.5 Å². The molecule has 0 heterocycles. The van der Waals surface area contributed by atoms with E-state index < -0.39 is 5.97 Å².